The summed E-state index contributed by atoms with van der Waals surface area (Å²) in [7, 11) is 0. The summed E-state index contributed by atoms with van der Waals surface area (Å²) in [6, 6.07) is 6.62. The number of fused-ring (bicyclic) bond motifs is 1. The van der Waals surface area contributed by atoms with Crippen LogP contribution in [0.5, 0.6) is 0 Å². The van der Waals surface area contributed by atoms with Crippen LogP contribution < -0.4 is 15.5 Å². The van der Waals surface area contributed by atoms with Gasteiger partial charge in [0.2, 0.25) is 11.8 Å². The Balaban J connectivity index is 1.45. The van der Waals surface area contributed by atoms with Gasteiger partial charge in [-0.05, 0) is 19.1 Å². The number of anilines is 2. The first-order valence-corrected chi connectivity index (χ1v) is 9.63. The predicted molar refractivity (Wildman–Crippen MR) is 106 cm³/mol. The lowest BCUT2D eigenvalue weighted by Gasteiger charge is -2.34. The maximum Gasteiger partial charge on any atom is 0.409 e. The molecule has 0 unspecified atom stereocenters. The number of amides is 5. The number of ether oxygens (including phenoxy) is 1. The number of hydrogen-bond acceptors (Lipinski definition) is 5. The van der Waals surface area contributed by atoms with Gasteiger partial charge in [0, 0.05) is 39.1 Å². The normalized spacial score (nSPS) is 16.0. The lowest BCUT2D eigenvalue weighted by Crippen LogP contribution is -2.51. The summed E-state index contributed by atoms with van der Waals surface area (Å²) in [6.07, 6.45) is -0.218. The van der Waals surface area contributed by atoms with Crippen LogP contribution in [0.25, 0.3) is 0 Å². The quantitative estimate of drug-likeness (QED) is 0.774. The fourth-order valence-electron chi connectivity index (χ4n) is 3.30. The third kappa shape index (κ3) is 4.95. The molecule has 0 aliphatic carbocycles. The Hall–Kier alpha value is -3.30. The SMILES string of the molecule is CCOC(=O)N1CCN(C(=O)CCNC(=O)N2CC(=O)Nc3ccccc32)CC1. The highest BCUT2D eigenvalue weighted by Crippen LogP contribution is 2.28. The smallest absolute Gasteiger partial charge is 0.409 e. The summed E-state index contributed by atoms with van der Waals surface area (Å²) in [5, 5.41) is 5.43. The number of carbonyl (C=O) groups is 4. The van der Waals surface area contributed by atoms with Gasteiger partial charge in [0.05, 0.1) is 18.0 Å². The Morgan fingerprint density at radius 2 is 1.79 bits per heavy atom. The van der Waals surface area contributed by atoms with Crippen molar-refractivity contribution in [3.8, 4) is 0 Å². The van der Waals surface area contributed by atoms with Gasteiger partial charge in [0.15, 0.2) is 0 Å². The summed E-state index contributed by atoms with van der Waals surface area (Å²) in [5.74, 6) is -0.361. The topological polar surface area (TPSA) is 111 Å². The monoisotopic (exact) mass is 403 g/mol. The molecule has 0 saturated carbocycles. The number of carbonyl (C=O) groups excluding carboxylic acids is 4. The molecular formula is C19H25N5O5. The molecule has 0 bridgehead atoms. The molecule has 0 atom stereocenters. The van der Waals surface area contributed by atoms with Crippen LogP contribution in [0, 0.1) is 0 Å². The van der Waals surface area contributed by atoms with Crippen molar-refractivity contribution in [3.63, 3.8) is 0 Å². The van der Waals surface area contributed by atoms with Crippen LogP contribution >= 0.6 is 0 Å². The molecule has 2 heterocycles. The zero-order valence-electron chi connectivity index (χ0n) is 16.3. The lowest BCUT2D eigenvalue weighted by atomic mass is 10.2. The van der Waals surface area contributed by atoms with Crippen LogP contribution in [-0.4, -0.2) is 79.6 Å². The zero-order chi connectivity index (χ0) is 20.8. The van der Waals surface area contributed by atoms with E-state index < -0.39 is 6.03 Å². The fourth-order valence-corrected chi connectivity index (χ4v) is 3.30. The summed E-state index contributed by atoms with van der Waals surface area (Å²) in [5.41, 5.74) is 1.19. The van der Waals surface area contributed by atoms with Crippen molar-refractivity contribution in [2.45, 2.75) is 13.3 Å². The second-order valence-electron chi connectivity index (χ2n) is 6.70. The van der Waals surface area contributed by atoms with E-state index in [1.807, 2.05) is 0 Å². The number of para-hydroxylation sites is 2. The molecule has 2 aliphatic heterocycles. The lowest BCUT2D eigenvalue weighted by molar-refractivity contribution is -0.132. The van der Waals surface area contributed by atoms with Gasteiger partial charge in [0.1, 0.15) is 6.54 Å². The molecule has 156 valence electrons. The van der Waals surface area contributed by atoms with Gasteiger partial charge in [0.25, 0.3) is 0 Å². The van der Waals surface area contributed by atoms with Crippen LogP contribution in [0.2, 0.25) is 0 Å². The molecule has 2 N–H and O–H groups in total. The molecule has 1 aromatic carbocycles. The predicted octanol–water partition coefficient (Wildman–Crippen LogP) is 0.846. The maximum atomic E-state index is 12.5. The van der Waals surface area contributed by atoms with Crippen molar-refractivity contribution in [2.24, 2.45) is 0 Å². The highest BCUT2D eigenvalue weighted by atomic mass is 16.6. The number of nitrogens with zero attached hydrogens (tertiary/aromatic N) is 3. The molecule has 1 fully saturated rings. The van der Waals surface area contributed by atoms with Crippen LogP contribution in [-0.2, 0) is 14.3 Å². The van der Waals surface area contributed by atoms with Crippen LogP contribution in [0.3, 0.4) is 0 Å². The molecule has 10 nitrogen and oxygen atoms in total. The van der Waals surface area contributed by atoms with Gasteiger partial charge < -0.3 is 25.2 Å². The third-order valence-corrected chi connectivity index (χ3v) is 4.79. The van der Waals surface area contributed by atoms with E-state index in [0.29, 0.717) is 44.2 Å². The Bertz CT molecular complexity index is 791. The fraction of sp³-hybridized carbons (Fsp3) is 0.474. The van der Waals surface area contributed by atoms with E-state index >= 15 is 0 Å². The van der Waals surface area contributed by atoms with Gasteiger partial charge in [-0.3, -0.25) is 14.5 Å². The number of piperazine rings is 1. The molecular weight excluding hydrogens is 378 g/mol. The Morgan fingerprint density at radius 1 is 1.10 bits per heavy atom. The van der Waals surface area contributed by atoms with Crippen LogP contribution in [0.4, 0.5) is 21.0 Å². The minimum absolute atomic E-state index is 0.0768. The molecule has 2 aliphatic rings. The first-order chi connectivity index (χ1) is 14.0. The first kappa shape index (κ1) is 20.4. The molecule has 1 aromatic rings. The molecule has 29 heavy (non-hydrogen) atoms. The summed E-state index contributed by atoms with van der Waals surface area (Å²) < 4.78 is 4.96. The second kappa shape index (κ2) is 9.26. The van der Waals surface area contributed by atoms with Crippen molar-refractivity contribution in [1.82, 2.24) is 15.1 Å². The molecule has 0 radical (unpaired) electrons. The largest absolute Gasteiger partial charge is 0.450 e. The van der Waals surface area contributed by atoms with E-state index in [4.69, 9.17) is 4.74 Å². The van der Waals surface area contributed by atoms with Crippen molar-refractivity contribution in [1.29, 1.82) is 0 Å². The van der Waals surface area contributed by atoms with Crippen molar-refractivity contribution < 1.29 is 23.9 Å². The average molecular weight is 403 g/mol. The molecule has 5 amide bonds. The van der Waals surface area contributed by atoms with Gasteiger partial charge in [-0.2, -0.15) is 0 Å². The maximum absolute atomic E-state index is 12.5. The zero-order valence-corrected chi connectivity index (χ0v) is 16.3. The van der Waals surface area contributed by atoms with Gasteiger partial charge in [-0.25, -0.2) is 9.59 Å². The van der Waals surface area contributed by atoms with E-state index in [2.05, 4.69) is 10.6 Å². The number of nitrogens with one attached hydrogen (secondary N) is 2. The molecule has 10 heteroatoms. The van der Waals surface area contributed by atoms with Crippen molar-refractivity contribution >= 4 is 35.3 Å². The minimum atomic E-state index is -0.424. The summed E-state index contributed by atoms with van der Waals surface area (Å²) >= 11 is 0. The summed E-state index contributed by atoms with van der Waals surface area (Å²) in [4.78, 5) is 53.0. The average Bonchev–Trinajstić information content (AvgIpc) is 2.73. The van der Waals surface area contributed by atoms with E-state index in [0.717, 1.165) is 0 Å². The van der Waals surface area contributed by atoms with Gasteiger partial charge in [-0.1, -0.05) is 12.1 Å². The minimum Gasteiger partial charge on any atom is -0.450 e. The standard InChI is InChI=1S/C19H25N5O5/c1-2-29-19(28)23-11-9-22(10-12-23)17(26)7-8-20-18(27)24-13-16(25)21-14-5-3-4-6-15(14)24/h3-6H,2,7-13H2,1H3,(H,20,27)(H,21,25). The van der Waals surface area contributed by atoms with Gasteiger partial charge in [-0.15, -0.1) is 0 Å². The highest BCUT2D eigenvalue weighted by Gasteiger charge is 2.27. The van der Waals surface area contributed by atoms with E-state index in [-0.39, 0.29) is 37.4 Å². The van der Waals surface area contributed by atoms with Gasteiger partial charge >= 0.3 is 12.1 Å². The molecule has 0 aromatic heterocycles. The molecule has 0 spiro atoms. The number of urea groups is 1. The second-order valence-corrected chi connectivity index (χ2v) is 6.70. The summed E-state index contributed by atoms with van der Waals surface area (Å²) in [6.45, 7) is 3.88. The molecule has 3 rings (SSSR count). The van der Waals surface area contributed by atoms with E-state index in [9.17, 15) is 19.2 Å². The van der Waals surface area contributed by atoms with Crippen molar-refractivity contribution in [3.05, 3.63) is 24.3 Å². The highest BCUT2D eigenvalue weighted by molar-refractivity contribution is 6.09. The number of benzene rings is 1. The number of hydrogen-bond donors (Lipinski definition) is 2. The first-order valence-electron chi connectivity index (χ1n) is 9.63. The van der Waals surface area contributed by atoms with E-state index in [1.54, 1.807) is 41.0 Å². The van der Waals surface area contributed by atoms with Crippen molar-refractivity contribution in [2.75, 3.05) is 56.1 Å². The molecule has 1 saturated heterocycles. The third-order valence-electron chi connectivity index (χ3n) is 4.79. The Kier molecular flexibility index (Phi) is 6.53. The van der Waals surface area contributed by atoms with E-state index in [1.165, 1.54) is 4.90 Å². The Morgan fingerprint density at radius 3 is 2.52 bits per heavy atom. The Labute approximate surface area is 168 Å². The van der Waals surface area contributed by atoms with Crippen LogP contribution in [0.15, 0.2) is 24.3 Å². The van der Waals surface area contributed by atoms with Crippen LogP contribution in [0.1, 0.15) is 13.3 Å². The number of rotatable bonds is 4.